The third-order valence-electron chi connectivity index (χ3n) is 3.32. The molecule has 0 spiro atoms. The summed E-state index contributed by atoms with van der Waals surface area (Å²) in [6, 6.07) is 10.5. The van der Waals surface area contributed by atoms with Crippen LogP contribution in [0.4, 0.5) is 0 Å². The van der Waals surface area contributed by atoms with Crippen molar-refractivity contribution in [3.05, 3.63) is 35.9 Å². The summed E-state index contributed by atoms with van der Waals surface area (Å²) in [6.07, 6.45) is 0.999. The molecule has 0 aliphatic carbocycles. The Labute approximate surface area is 157 Å². The molecule has 23 heavy (non-hydrogen) atoms. The van der Waals surface area contributed by atoms with Crippen LogP contribution in [0.5, 0.6) is 0 Å². The number of aliphatic imine (C=N–C) groups is 1. The van der Waals surface area contributed by atoms with Crippen LogP contribution in [-0.4, -0.2) is 64.3 Å². The van der Waals surface area contributed by atoms with E-state index in [2.05, 4.69) is 58.8 Å². The Morgan fingerprint density at radius 2 is 1.91 bits per heavy atom. The molecule has 2 N–H and O–H groups in total. The largest absolute Gasteiger partial charge is 0.383 e. The Balaban J connectivity index is 0.00000484. The molecule has 6 heteroatoms. The van der Waals surface area contributed by atoms with E-state index in [0.29, 0.717) is 0 Å². The lowest BCUT2D eigenvalue weighted by molar-refractivity contribution is 0.163. The van der Waals surface area contributed by atoms with Gasteiger partial charge in [0.15, 0.2) is 5.96 Å². The van der Waals surface area contributed by atoms with Gasteiger partial charge in [-0.15, -0.1) is 24.0 Å². The molecule has 132 valence electrons. The highest BCUT2D eigenvalue weighted by molar-refractivity contribution is 14.0. The molecule has 0 bridgehead atoms. The van der Waals surface area contributed by atoms with Crippen molar-refractivity contribution >= 4 is 29.9 Å². The number of hydrogen-bond donors (Lipinski definition) is 2. The predicted molar refractivity (Wildman–Crippen MR) is 109 cm³/mol. The zero-order valence-corrected chi connectivity index (χ0v) is 16.9. The van der Waals surface area contributed by atoms with Crippen molar-refractivity contribution in [1.29, 1.82) is 0 Å². The number of likely N-dealkylation sites (N-methyl/N-ethyl adjacent to an activating group) is 1. The zero-order chi connectivity index (χ0) is 16.0. The van der Waals surface area contributed by atoms with E-state index in [4.69, 9.17) is 4.74 Å². The van der Waals surface area contributed by atoms with E-state index in [-0.39, 0.29) is 24.0 Å². The summed E-state index contributed by atoms with van der Waals surface area (Å²) in [5, 5.41) is 6.66. The summed E-state index contributed by atoms with van der Waals surface area (Å²) in [7, 11) is 3.82. The summed E-state index contributed by atoms with van der Waals surface area (Å²) in [5.41, 5.74) is 1.34. The highest BCUT2D eigenvalue weighted by atomic mass is 127. The zero-order valence-electron chi connectivity index (χ0n) is 14.5. The van der Waals surface area contributed by atoms with Gasteiger partial charge in [0.2, 0.25) is 0 Å². The molecule has 0 unspecified atom stereocenters. The number of nitrogens with one attached hydrogen (secondary N) is 2. The highest BCUT2D eigenvalue weighted by Gasteiger charge is 1.99. The molecule has 1 aromatic rings. The standard InChI is InChI=1S/C17H30N4O.HI/c1-4-18-17(20-12-13-21(2)14-15-22-3)19-11-10-16-8-6-5-7-9-16;/h5-9H,4,10-15H2,1-3H3,(H2,18,19,20);1H. The third-order valence-corrected chi connectivity index (χ3v) is 3.32. The maximum Gasteiger partial charge on any atom is 0.191 e. The molecule has 0 radical (unpaired) electrons. The minimum Gasteiger partial charge on any atom is -0.383 e. The van der Waals surface area contributed by atoms with E-state index >= 15 is 0 Å². The predicted octanol–water partition coefficient (Wildman–Crippen LogP) is 1.98. The van der Waals surface area contributed by atoms with Crippen LogP contribution in [-0.2, 0) is 11.2 Å². The molecular weight excluding hydrogens is 403 g/mol. The fraction of sp³-hybridized carbons (Fsp3) is 0.588. The van der Waals surface area contributed by atoms with E-state index in [9.17, 15) is 0 Å². The van der Waals surface area contributed by atoms with E-state index in [0.717, 1.165) is 51.7 Å². The lowest BCUT2D eigenvalue weighted by Crippen LogP contribution is -2.39. The Kier molecular flexibility index (Phi) is 14.2. The van der Waals surface area contributed by atoms with Gasteiger partial charge >= 0.3 is 0 Å². The van der Waals surface area contributed by atoms with Crippen molar-refractivity contribution in [3.8, 4) is 0 Å². The highest BCUT2D eigenvalue weighted by Crippen LogP contribution is 1.98. The van der Waals surface area contributed by atoms with Crippen LogP contribution in [0.1, 0.15) is 12.5 Å². The lowest BCUT2D eigenvalue weighted by atomic mass is 10.1. The molecule has 0 fully saturated rings. The smallest absolute Gasteiger partial charge is 0.191 e. The van der Waals surface area contributed by atoms with Gasteiger partial charge < -0.3 is 20.3 Å². The van der Waals surface area contributed by atoms with E-state index < -0.39 is 0 Å². The molecule has 1 rings (SSSR count). The van der Waals surface area contributed by atoms with Gasteiger partial charge in [0.1, 0.15) is 0 Å². The molecule has 0 aromatic heterocycles. The number of ether oxygens (including phenoxy) is 1. The van der Waals surface area contributed by atoms with E-state index in [1.165, 1.54) is 5.56 Å². The second-order valence-corrected chi connectivity index (χ2v) is 5.22. The normalized spacial score (nSPS) is 11.2. The van der Waals surface area contributed by atoms with E-state index in [1.807, 2.05) is 6.07 Å². The summed E-state index contributed by atoms with van der Waals surface area (Å²) in [6.45, 7) is 7.24. The first-order valence-corrected chi connectivity index (χ1v) is 7.99. The molecular formula is C17H31IN4O. The minimum atomic E-state index is 0. The minimum absolute atomic E-state index is 0. The number of hydrogen-bond acceptors (Lipinski definition) is 3. The number of guanidine groups is 1. The van der Waals surface area contributed by atoms with Crippen LogP contribution in [0.15, 0.2) is 35.3 Å². The fourth-order valence-electron chi connectivity index (χ4n) is 2.00. The van der Waals surface area contributed by atoms with Crippen LogP contribution in [0.2, 0.25) is 0 Å². The van der Waals surface area contributed by atoms with Gasteiger partial charge in [-0.2, -0.15) is 0 Å². The Morgan fingerprint density at radius 1 is 1.17 bits per heavy atom. The molecule has 1 aromatic carbocycles. The molecule has 0 amide bonds. The Bertz CT molecular complexity index is 414. The number of rotatable bonds is 10. The van der Waals surface area contributed by atoms with Gasteiger partial charge in [0, 0.05) is 33.3 Å². The maximum atomic E-state index is 5.07. The number of nitrogens with zero attached hydrogens (tertiary/aromatic N) is 2. The van der Waals surface area contributed by atoms with E-state index in [1.54, 1.807) is 7.11 Å². The van der Waals surface area contributed by atoms with Gasteiger partial charge in [-0.25, -0.2) is 0 Å². The van der Waals surface area contributed by atoms with Gasteiger partial charge in [-0.1, -0.05) is 30.3 Å². The monoisotopic (exact) mass is 434 g/mol. The van der Waals surface area contributed by atoms with Crippen molar-refractivity contribution in [1.82, 2.24) is 15.5 Å². The molecule has 0 saturated carbocycles. The second kappa shape index (κ2) is 14.7. The van der Waals surface area contributed by atoms with Crippen LogP contribution in [0.3, 0.4) is 0 Å². The number of benzene rings is 1. The third kappa shape index (κ3) is 11.3. The van der Waals surface area contributed by atoms with Gasteiger partial charge in [0.05, 0.1) is 13.2 Å². The average Bonchev–Trinajstić information content (AvgIpc) is 2.54. The molecule has 0 aliphatic heterocycles. The lowest BCUT2D eigenvalue weighted by Gasteiger charge is -2.15. The van der Waals surface area contributed by atoms with Gasteiger partial charge in [-0.05, 0) is 26.0 Å². The first kappa shape index (κ1) is 22.1. The van der Waals surface area contributed by atoms with Gasteiger partial charge in [0.25, 0.3) is 0 Å². The molecule has 0 atom stereocenters. The summed E-state index contributed by atoms with van der Waals surface area (Å²) in [5.74, 6) is 0.888. The van der Waals surface area contributed by atoms with Crippen molar-refractivity contribution < 1.29 is 4.74 Å². The molecule has 0 heterocycles. The molecule has 5 nitrogen and oxygen atoms in total. The van der Waals surface area contributed by atoms with Crippen molar-refractivity contribution in [2.24, 2.45) is 4.99 Å². The Morgan fingerprint density at radius 3 is 2.57 bits per heavy atom. The van der Waals surface area contributed by atoms with Crippen molar-refractivity contribution in [2.45, 2.75) is 13.3 Å². The number of methoxy groups -OCH3 is 1. The first-order valence-electron chi connectivity index (χ1n) is 7.99. The summed E-state index contributed by atoms with van der Waals surface area (Å²) >= 11 is 0. The average molecular weight is 434 g/mol. The van der Waals surface area contributed by atoms with Crippen LogP contribution in [0.25, 0.3) is 0 Å². The molecule has 0 saturated heterocycles. The topological polar surface area (TPSA) is 48.9 Å². The maximum absolute atomic E-state index is 5.07. The van der Waals surface area contributed by atoms with Gasteiger partial charge in [-0.3, -0.25) is 4.99 Å². The quantitative estimate of drug-likeness (QED) is 0.336. The van der Waals surface area contributed by atoms with Crippen LogP contribution < -0.4 is 10.6 Å². The van der Waals surface area contributed by atoms with Crippen LogP contribution >= 0.6 is 24.0 Å². The SMILES string of the molecule is CCNC(=NCCN(C)CCOC)NCCc1ccccc1.I. The first-order chi connectivity index (χ1) is 10.8. The molecule has 0 aliphatic rings. The van der Waals surface area contributed by atoms with Crippen LogP contribution in [0, 0.1) is 0 Å². The van der Waals surface area contributed by atoms with Crippen molar-refractivity contribution in [2.75, 3.05) is 53.5 Å². The second-order valence-electron chi connectivity index (χ2n) is 5.22. The van der Waals surface area contributed by atoms with Crippen molar-refractivity contribution in [3.63, 3.8) is 0 Å². The Hall–Kier alpha value is -0.860. The summed E-state index contributed by atoms with van der Waals surface area (Å²) in [4.78, 5) is 6.83. The fourth-order valence-corrected chi connectivity index (χ4v) is 2.00. The summed E-state index contributed by atoms with van der Waals surface area (Å²) < 4.78 is 5.07. The number of halogens is 1.